The van der Waals surface area contributed by atoms with Crippen LogP contribution in [0, 0.1) is 5.82 Å². The third-order valence-corrected chi connectivity index (χ3v) is 7.21. The molecule has 0 radical (unpaired) electrons. The second-order valence-corrected chi connectivity index (χ2v) is 10.1. The topological polar surface area (TPSA) is 61.9 Å². The minimum atomic E-state index is -0.300. The standard InChI is InChI=1S/C32H32FN3O3/c1-22-19-36(23(2)18-35(22)20-24-12-14-27(33)15-13-24)31(37)21-39-30-17-26-9-7-6-8-25(26)16-29(30)32(38)34-28-10-4-3-5-11-28/h3-17,22-23H,18-21H2,1-2H3,(H,34,38). The number of halogens is 1. The molecule has 1 N–H and O–H groups in total. The van der Waals surface area contributed by atoms with Gasteiger partial charge in [0.1, 0.15) is 11.6 Å². The summed E-state index contributed by atoms with van der Waals surface area (Å²) in [6.07, 6.45) is 0. The highest BCUT2D eigenvalue weighted by atomic mass is 19.1. The van der Waals surface area contributed by atoms with Crippen molar-refractivity contribution in [1.29, 1.82) is 0 Å². The zero-order valence-corrected chi connectivity index (χ0v) is 22.1. The maximum absolute atomic E-state index is 13.3. The van der Waals surface area contributed by atoms with Gasteiger partial charge in [-0.25, -0.2) is 4.39 Å². The fraction of sp³-hybridized carbons (Fsp3) is 0.250. The molecule has 200 valence electrons. The van der Waals surface area contributed by atoms with Crippen LogP contribution in [0.1, 0.15) is 29.8 Å². The van der Waals surface area contributed by atoms with Gasteiger partial charge in [0.05, 0.1) is 5.56 Å². The largest absolute Gasteiger partial charge is 0.483 e. The molecule has 1 heterocycles. The molecule has 1 aliphatic rings. The lowest BCUT2D eigenvalue weighted by molar-refractivity contribution is -0.139. The summed E-state index contributed by atoms with van der Waals surface area (Å²) in [6, 6.07) is 27.2. The Morgan fingerprint density at radius 3 is 2.26 bits per heavy atom. The average molecular weight is 526 g/mol. The van der Waals surface area contributed by atoms with Crippen LogP contribution in [0.4, 0.5) is 10.1 Å². The number of nitrogens with one attached hydrogen (secondary N) is 1. The Balaban J connectivity index is 1.28. The number of carbonyl (C=O) groups is 2. The van der Waals surface area contributed by atoms with Gasteiger partial charge in [0.15, 0.2) is 6.61 Å². The maximum Gasteiger partial charge on any atom is 0.260 e. The highest BCUT2D eigenvalue weighted by molar-refractivity contribution is 6.08. The molecule has 0 spiro atoms. The van der Waals surface area contributed by atoms with Crippen molar-refractivity contribution >= 4 is 28.3 Å². The van der Waals surface area contributed by atoms with Gasteiger partial charge in [-0.15, -0.1) is 0 Å². The molecule has 1 fully saturated rings. The molecule has 0 aliphatic carbocycles. The van der Waals surface area contributed by atoms with Crippen molar-refractivity contribution in [3.8, 4) is 5.75 Å². The predicted molar refractivity (Wildman–Crippen MR) is 151 cm³/mol. The minimum Gasteiger partial charge on any atom is -0.483 e. The Labute approximate surface area is 228 Å². The van der Waals surface area contributed by atoms with Crippen LogP contribution in [0.2, 0.25) is 0 Å². The van der Waals surface area contributed by atoms with Gasteiger partial charge < -0.3 is 15.0 Å². The van der Waals surface area contributed by atoms with E-state index in [-0.39, 0.29) is 36.3 Å². The monoisotopic (exact) mass is 525 g/mol. The number of nitrogens with zero attached hydrogens (tertiary/aromatic N) is 2. The molecule has 1 saturated heterocycles. The Morgan fingerprint density at radius 1 is 0.872 bits per heavy atom. The number of benzene rings is 4. The zero-order chi connectivity index (χ0) is 27.4. The van der Waals surface area contributed by atoms with Crippen LogP contribution in [-0.2, 0) is 11.3 Å². The van der Waals surface area contributed by atoms with E-state index in [0.717, 1.165) is 16.3 Å². The molecule has 39 heavy (non-hydrogen) atoms. The fourth-order valence-corrected chi connectivity index (χ4v) is 5.05. The molecular formula is C32H32FN3O3. The lowest BCUT2D eigenvalue weighted by atomic mass is 10.0. The summed E-state index contributed by atoms with van der Waals surface area (Å²) in [5, 5.41) is 4.75. The van der Waals surface area contributed by atoms with Crippen molar-refractivity contribution in [1.82, 2.24) is 9.80 Å². The normalized spacial score (nSPS) is 17.7. The van der Waals surface area contributed by atoms with Crippen molar-refractivity contribution in [3.05, 3.63) is 108 Å². The van der Waals surface area contributed by atoms with Crippen molar-refractivity contribution < 1.29 is 18.7 Å². The summed E-state index contributed by atoms with van der Waals surface area (Å²) in [5.74, 6) is -0.307. The van der Waals surface area contributed by atoms with Crippen LogP contribution in [-0.4, -0.2) is 53.4 Å². The number of rotatable bonds is 7. The number of fused-ring (bicyclic) bond motifs is 1. The van der Waals surface area contributed by atoms with E-state index in [1.165, 1.54) is 12.1 Å². The number of carbonyl (C=O) groups excluding carboxylic acids is 2. The van der Waals surface area contributed by atoms with Crippen molar-refractivity contribution in [2.45, 2.75) is 32.5 Å². The van der Waals surface area contributed by atoms with Gasteiger partial charge in [-0.1, -0.05) is 54.6 Å². The predicted octanol–water partition coefficient (Wildman–Crippen LogP) is 5.73. The number of hydrogen-bond donors (Lipinski definition) is 1. The molecule has 1 aliphatic heterocycles. The Morgan fingerprint density at radius 2 is 1.54 bits per heavy atom. The van der Waals surface area contributed by atoms with E-state index in [2.05, 4.69) is 17.1 Å². The van der Waals surface area contributed by atoms with Crippen LogP contribution in [0.25, 0.3) is 10.8 Å². The first-order valence-electron chi connectivity index (χ1n) is 13.2. The first kappa shape index (κ1) is 26.4. The fourth-order valence-electron chi connectivity index (χ4n) is 5.05. The van der Waals surface area contributed by atoms with E-state index in [4.69, 9.17) is 4.74 Å². The summed E-state index contributed by atoms with van der Waals surface area (Å²) in [4.78, 5) is 30.7. The van der Waals surface area contributed by atoms with Gasteiger partial charge in [-0.05, 0) is 66.6 Å². The molecule has 6 nitrogen and oxygen atoms in total. The third-order valence-electron chi connectivity index (χ3n) is 7.21. The quantitative estimate of drug-likeness (QED) is 0.335. The van der Waals surface area contributed by atoms with Crippen LogP contribution in [0.3, 0.4) is 0 Å². The number of para-hydroxylation sites is 1. The number of ether oxygens (including phenoxy) is 1. The smallest absolute Gasteiger partial charge is 0.260 e. The van der Waals surface area contributed by atoms with E-state index >= 15 is 0 Å². The van der Waals surface area contributed by atoms with Gasteiger partial charge >= 0.3 is 0 Å². The van der Waals surface area contributed by atoms with Crippen LogP contribution < -0.4 is 10.1 Å². The van der Waals surface area contributed by atoms with Crippen LogP contribution in [0.15, 0.2) is 91.0 Å². The zero-order valence-electron chi connectivity index (χ0n) is 22.1. The summed E-state index contributed by atoms with van der Waals surface area (Å²) in [7, 11) is 0. The summed E-state index contributed by atoms with van der Waals surface area (Å²) >= 11 is 0. The number of piperazine rings is 1. The molecule has 0 saturated carbocycles. The number of anilines is 1. The molecule has 5 rings (SSSR count). The maximum atomic E-state index is 13.3. The molecule has 2 amide bonds. The molecule has 2 atom stereocenters. The molecule has 0 bridgehead atoms. The van der Waals surface area contributed by atoms with Crippen molar-refractivity contribution in [3.63, 3.8) is 0 Å². The van der Waals surface area contributed by atoms with Crippen molar-refractivity contribution in [2.24, 2.45) is 0 Å². The van der Waals surface area contributed by atoms with E-state index in [1.807, 2.05) is 72.5 Å². The summed E-state index contributed by atoms with van der Waals surface area (Å²) < 4.78 is 19.3. The highest BCUT2D eigenvalue weighted by Crippen LogP contribution is 2.28. The van der Waals surface area contributed by atoms with E-state index in [0.29, 0.717) is 36.6 Å². The van der Waals surface area contributed by atoms with Crippen LogP contribution >= 0.6 is 0 Å². The lowest BCUT2D eigenvalue weighted by Gasteiger charge is -2.44. The molecule has 7 heteroatoms. The molecule has 0 aromatic heterocycles. The summed E-state index contributed by atoms with van der Waals surface area (Å²) in [6.45, 7) is 5.90. The van der Waals surface area contributed by atoms with Gasteiger partial charge in [0.25, 0.3) is 11.8 Å². The first-order chi connectivity index (χ1) is 18.9. The van der Waals surface area contributed by atoms with E-state index in [9.17, 15) is 14.0 Å². The molecule has 4 aromatic carbocycles. The van der Waals surface area contributed by atoms with E-state index < -0.39 is 0 Å². The second-order valence-electron chi connectivity index (χ2n) is 10.1. The van der Waals surface area contributed by atoms with Crippen molar-refractivity contribution in [2.75, 3.05) is 25.0 Å². The van der Waals surface area contributed by atoms with Gasteiger partial charge in [0, 0.05) is 37.4 Å². The Hall–Kier alpha value is -4.23. The van der Waals surface area contributed by atoms with Gasteiger partial charge in [-0.2, -0.15) is 0 Å². The Bertz CT molecular complexity index is 1460. The third kappa shape index (κ3) is 6.26. The first-order valence-corrected chi connectivity index (χ1v) is 13.2. The van der Waals surface area contributed by atoms with Gasteiger partial charge in [0.2, 0.25) is 0 Å². The number of amides is 2. The lowest BCUT2D eigenvalue weighted by Crippen LogP contribution is -2.58. The SMILES string of the molecule is CC1CN(C(=O)COc2cc3ccccc3cc2C(=O)Nc2ccccc2)C(C)CN1Cc1ccc(F)cc1. The second kappa shape index (κ2) is 11.7. The molecular weight excluding hydrogens is 493 g/mol. The minimum absolute atomic E-state index is 0.0183. The average Bonchev–Trinajstić information content (AvgIpc) is 2.94. The van der Waals surface area contributed by atoms with Gasteiger partial charge in [-0.3, -0.25) is 14.5 Å². The van der Waals surface area contributed by atoms with Crippen LogP contribution in [0.5, 0.6) is 5.75 Å². The number of hydrogen-bond acceptors (Lipinski definition) is 4. The van der Waals surface area contributed by atoms with E-state index in [1.54, 1.807) is 18.2 Å². The summed E-state index contributed by atoms with van der Waals surface area (Å²) in [5.41, 5.74) is 2.09. The highest BCUT2D eigenvalue weighted by Gasteiger charge is 2.32. The Kier molecular flexibility index (Phi) is 7.89. The molecule has 4 aromatic rings. The molecule has 2 unspecified atom stereocenters.